The molecule has 0 bridgehead atoms. The molecule has 0 saturated heterocycles. The van der Waals surface area contributed by atoms with Crippen LogP contribution in [0.2, 0.25) is 10.0 Å². The molecule has 0 atom stereocenters. The monoisotopic (exact) mass is 478 g/mol. The van der Waals surface area contributed by atoms with Gasteiger partial charge in [-0.1, -0.05) is 29.3 Å². The molecule has 3 aromatic heterocycles. The normalized spacial score (nSPS) is 11.5. The van der Waals surface area contributed by atoms with E-state index < -0.39 is 12.3 Å². The second-order valence-electron chi connectivity index (χ2n) is 7.27. The van der Waals surface area contributed by atoms with Gasteiger partial charge in [-0.3, -0.25) is 9.48 Å². The molecule has 11 heteroatoms. The largest absolute Gasteiger partial charge is 0.319 e. The molecule has 0 aliphatic heterocycles. The summed E-state index contributed by atoms with van der Waals surface area (Å²) in [7, 11) is 0. The van der Waals surface area contributed by atoms with Gasteiger partial charge in [0.05, 0.1) is 29.8 Å². The first-order valence-corrected chi connectivity index (χ1v) is 10.3. The number of hydrogen-bond donors (Lipinski definition) is 1. The van der Waals surface area contributed by atoms with Crippen LogP contribution in [0, 0.1) is 20.8 Å². The lowest BCUT2D eigenvalue weighted by molar-refractivity contribution is 0.102. The maximum absolute atomic E-state index is 13.4. The number of amides is 1. The minimum atomic E-state index is -2.76. The number of halogens is 4. The summed E-state index contributed by atoms with van der Waals surface area (Å²) < 4.78 is 29.4. The van der Waals surface area contributed by atoms with Crippen LogP contribution >= 0.6 is 23.2 Å². The lowest BCUT2D eigenvalue weighted by Crippen LogP contribution is -2.14. The van der Waals surface area contributed by atoms with Gasteiger partial charge in [0.1, 0.15) is 11.3 Å². The number of nitrogens with zero attached hydrogens (tertiary/aromatic N) is 5. The summed E-state index contributed by atoms with van der Waals surface area (Å²) in [6, 6.07) is 6.48. The number of rotatable bonds is 5. The number of aromatic nitrogens is 5. The summed E-state index contributed by atoms with van der Waals surface area (Å²) in [4.78, 5) is 17.2. The Morgan fingerprint density at radius 3 is 2.53 bits per heavy atom. The highest BCUT2D eigenvalue weighted by Crippen LogP contribution is 2.28. The van der Waals surface area contributed by atoms with E-state index in [9.17, 15) is 13.6 Å². The van der Waals surface area contributed by atoms with E-state index in [0.29, 0.717) is 44.9 Å². The fourth-order valence-electron chi connectivity index (χ4n) is 3.47. The number of carbonyl (C=O) groups is 1. The van der Waals surface area contributed by atoms with Crippen LogP contribution in [0.25, 0.3) is 5.65 Å². The molecular formula is C21H18Cl2F2N6O. The number of anilines is 1. The first kappa shape index (κ1) is 22.2. The number of alkyl halides is 2. The Morgan fingerprint density at radius 2 is 1.88 bits per heavy atom. The zero-order valence-corrected chi connectivity index (χ0v) is 18.8. The van der Waals surface area contributed by atoms with Crippen molar-refractivity contribution >= 4 is 40.4 Å². The van der Waals surface area contributed by atoms with Crippen molar-refractivity contribution in [3.05, 3.63) is 74.4 Å². The van der Waals surface area contributed by atoms with Crippen LogP contribution in [0.4, 0.5) is 14.5 Å². The average molecular weight is 479 g/mol. The third-order valence-corrected chi connectivity index (χ3v) is 5.79. The Labute approximate surface area is 192 Å². The highest BCUT2D eigenvalue weighted by Gasteiger charge is 2.22. The van der Waals surface area contributed by atoms with E-state index in [1.54, 1.807) is 43.7 Å². The van der Waals surface area contributed by atoms with E-state index >= 15 is 0 Å². The first-order chi connectivity index (χ1) is 15.2. The number of fused-ring (bicyclic) bond motifs is 1. The fourth-order valence-corrected chi connectivity index (χ4v) is 3.99. The van der Waals surface area contributed by atoms with Crippen LogP contribution in [-0.2, 0) is 6.54 Å². The summed E-state index contributed by atoms with van der Waals surface area (Å²) in [5.74, 6) is -0.528. The van der Waals surface area contributed by atoms with Gasteiger partial charge in [0.15, 0.2) is 5.65 Å². The quantitative estimate of drug-likeness (QED) is 0.416. The molecule has 1 aromatic carbocycles. The molecular weight excluding hydrogens is 461 g/mol. The van der Waals surface area contributed by atoms with Gasteiger partial charge < -0.3 is 5.32 Å². The van der Waals surface area contributed by atoms with Gasteiger partial charge in [0.25, 0.3) is 12.3 Å². The van der Waals surface area contributed by atoms with Gasteiger partial charge >= 0.3 is 0 Å². The highest BCUT2D eigenvalue weighted by atomic mass is 35.5. The standard InChI is InChI=1S/C21H18Cl2F2N6O/c1-10-7-17(19(24)25)31-20(27-10)13(8-26-31)21(32)28-18-11(2)29-30(12(18)3)9-14-15(22)5-4-6-16(14)23/h4-8,19H,9H2,1-3H3,(H,28,32). The van der Waals surface area contributed by atoms with Crippen LogP contribution in [0.5, 0.6) is 0 Å². The maximum Gasteiger partial charge on any atom is 0.280 e. The molecule has 0 aliphatic carbocycles. The molecule has 0 radical (unpaired) electrons. The van der Waals surface area contributed by atoms with Crippen molar-refractivity contribution in [3.8, 4) is 0 Å². The Bertz CT molecular complexity index is 1330. The zero-order chi connectivity index (χ0) is 23.2. The molecule has 0 fully saturated rings. The Morgan fingerprint density at radius 1 is 1.19 bits per heavy atom. The smallest absolute Gasteiger partial charge is 0.280 e. The van der Waals surface area contributed by atoms with Crippen LogP contribution in [0.3, 0.4) is 0 Å². The Hall–Kier alpha value is -3.04. The molecule has 0 spiro atoms. The molecule has 7 nitrogen and oxygen atoms in total. The van der Waals surface area contributed by atoms with Crippen LogP contribution in [0.15, 0.2) is 30.5 Å². The second-order valence-corrected chi connectivity index (χ2v) is 8.09. The van der Waals surface area contributed by atoms with Gasteiger partial charge in [-0.25, -0.2) is 18.3 Å². The van der Waals surface area contributed by atoms with E-state index in [4.69, 9.17) is 23.2 Å². The van der Waals surface area contributed by atoms with E-state index in [1.807, 2.05) is 0 Å². The summed E-state index contributed by atoms with van der Waals surface area (Å²) in [5, 5.41) is 12.2. The van der Waals surface area contributed by atoms with Crippen LogP contribution in [-0.4, -0.2) is 30.3 Å². The van der Waals surface area contributed by atoms with E-state index in [1.165, 1.54) is 12.3 Å². The van der Waals surface area contributed by atoms with Gasteiger partial charge in [0.2, 0.25) is 0 Å². The molecule has 1 N–H and O–H groups in total. The minimum absolute atomic E-state index is 0.0587. The van der Waals surface area contributed by atoms with Gasteiger partial charge in [-0.2, -0.15) is 10.2 Å². The topological polar surface area (TPSA) is 77.1 Å². The summed E-state index contributed by atoms with van der Waals surface area (Å²) in [6.45, 7) is 5.45. The summed E-state index contributed by atoms with van der Waals surface area (Å²) >= 11 is 12.5. The molecule has 166 valence electrons. The fraction of sp³-hybridized carbons (Fsp3) is 0.238. The van der Waals surface area contributed by atoms with Gasteiger partial charge in [-0.15, -0.1) is 0 Å². The lowest BCUT2D eigenvalue weighted by Gasteiger charge is -2.10. The van der Waals surface area contributed by atoms with Crippen molar-refractivity contribution in [2.24, 2.45) is 0 Å². The Kier molecular flexibility index (Phi) is 5.87. The molecule has 32 heavy (non-hydrogen) atoms. The SMILES string of the molecule is Cc1cc(C(F)F)n2ncc(C(=O)Nc3c(C)nn(Cc4c(Cl)cccc4Cl)c3C)c2n1. The third-order valence-electron chi connectivity index (χ3n) is 5.09. The number of aryl methyl sites for hydroxylation is 2. The summed E-state index contributed by atoms with van der Waals surface area (Å²) in [5.41, 5.74) is 2.64. The first-order valence-electron chi connectivity index (χ1n) is 9.59. The molecule has 3 heterocycles. The lowest BCUT2D eigenvalue weighted by atomic mass is 10.2. The average Bonchev–Trinajstić information content (AvgIpc) is 3.26. The number of nitrogens with one attached hydrogen (secondary N) is 1. The van der Waals surface area contributed by atoms with E-state index in [-0.39, 0.29) is 16.9 Å². The van der Waals surface area contributed by atoms with Crippen molar-refractivity contribution in [2.75, 3.05) is 5.32 Å². The highest BCUT2D eigenvalue weighted by molar-refractivity contribution is 6.36. The number of hydrogen-bond acceptors (Lipinski definition) is 4. The number of benzene rings is 1. The van der Waals surface area contributed by atoms with E-state index in [2.05, 4.69) is 20.5 Å². The predicted octanol–water partition coefficient (Wildman–Crippen LogP) is 5.40. The molecule has 0 aliphatic rings. The van der Waals surface area contributed by atoms with Crippen molar-refractivity contribution in [3.63, 3.8) is 0 Å². The van der Waals surface area contributed by atoms with E-state index in [0.717, 1.165) is 4.52 Å². The maximum atomic E-state index is 13.4. The molecule has 0 saturated carbocycles. The third kappa shape index (κ3) is 3.93. The number of carbonyl (C=O) groups excluding carboxylic acids is 1. The van der Waals surface area contributed by atoms with Crippen molar-refractivity contribution in [1.82, 2.24) is 24.4 Å². The summed E-state index contributed by atoms with van der Waals surface area (Å²) in [6.07, 6.45) is -1.53. The molecule has 0 unspecified atom stereocenters. The van der Waals surface area contributed by atoms with Gasteiger partial charge in [-0.05, 0) is 39.0 Å². The minimum Gasteiger partial charge on any atom is -0.319 e. The van der Waals surface area contributed by atoms with Crippen molar-refractivity contribution in [1.29, 1.82) is 0 Å². The van der Waals surface area contributed by atoms with Gasteiger partial charge in [0, 0.05) is 21.3 Å². The zero-order valence-electron chi connectivity index (χ0n) is 17.3. The van der Waals surface area contributed by atoms with Crippen LogP contribution < -0.4 is 5.32 Å². The van der Waals surface area contributed by atoms with Crippen molar-refractivity contribution in [2.45, 2.75) is 33.7 Å². The molecule has 1 amide bonds. The molecule has 4 aromatic rings. The molecule has 4 rings (SSSR count). The second kappa shape index (κ2) is 8.48. The Balaban J connectivity index is 1.66. The van der Waals surface area contributed by atoms with Crippen molar-refractivity contribution < 1.29 is 13.6 Å². The predicted molar refractivity (Wildman–Crippen MR) is 118 cm³/mol. The van der Waals surface area contributed by atoms with Crippen LogP contribution in [0.1, 0.15) is 45.1 Å².